The molecule has 3 aromatic rings. The summed E-state index contributed by atoms with van der Waals surface area (Å²) in [6.07, 6.45) is 0. The summed E-state index contributed by atoms with van der Waals surface area (Å²) < 4.78 is 24.1. The molecule has 0 aromatic heterocycles. The lowest BCUT2D eigenvalue weighted by molar-refractivity contribution is -0.137. The van der Waals surface area contributed by atoms with Crippen LogP contribution in [0.25, 0.3) is 5.57 Å². The summed E-state index contributed by atoms with van der Waals surface area (Å²) in [5.74, 6) is -0.217. The van der Waals surface area contributed by atoms with Crippen LogP contribution in [0.2, 0.25) is 0 Å². The van der Waals surface area contributed by atoms with Crippen molar-refractivity contribution >= 4 is 23.1 Å². The Bertz CT molecular complexity index is 1300. The van der Waals surface area contributed by atoms with Gasteiger partial charge in [-0.1, -0.05) is 35.9 Å². The first kappa shape index (κ1) is 23.0. The molecule has 174 valence electrons. The average molecular weight is 461 g/mol. The molecule has 0 aliphatic carbocycles. The van der Waals surface area contributed by atoms with E-state index < -0.39 is 11.8 Å². The molecule has 4 rings (SSSR count). The zero-order valence-electron chi connectivity index (χ0n) is 19.4. The number of rotatable bonds is 7. The average Bonchev–Trinajstić information content (AvgIpc) is 3.05. The molecular formula is C27H25FN2O4. The standard InChI is InChI=1S/C27H25FN2O4/c1-16-5-11-21(17(2)13-16)24-25(29-22-12-10-20(33-3)14-23(22)34-4)27(32)30(26(24)31)15-18-6-8-19(28)9-7-18/h5-14,29H,15H2,1-4H3. The van der Waals surface area contributed by atoms with E-state index in [-0.39, 0.29) is 23.6 Å². The fraction of sp³-hybridized carbons (Fsp3) is 0.185. The molecule has 0 spiro atoms. The first-order valence-electron chi connectivity index (χ1n) is 10.7. The molecule has 0 bridgehead atoms. The number of hydrogen-bond donors (Lipinski definition) is 1. The largest absolute Gasteiger partial charge is 0.497 e. The molecule has 0 saturated heterocycles. The van der Waals surface area contributed by atoms with Crippen molar-refractivity contribution in [1.82, 2.24) is 4.90 Å². The zero-order chi connectivity index (χ0) is 24.4. The Morgan fingerprint density at radius 3 is 2.26 bits per heavy atom. The topological polar surface area (TPSA) is 67.9 Å². The van der Waals surface area contributed by atoms with Gasteiger partial charge in [0.1, 0.15) is 23.0 Å². The maximum absolute atomic E-state index is 13.6. The lowest BCUT2D eigenvalue weighted by Gasteiger charge is -2.16. The van der Waals surface area contributed by atoms with Crippen LogP contribution in [0.15, 0.2) is 66.4 Å². The minimum atomic E-state index is -0.470. The lowest BCUT2D eigenvalue weighted by Crippen LogP contribution is -2.32. The van der Waals surface area contributed by atoms with Crippen LogP contribution in [0.5, 0.6) is 11.5 Å². The summed E-state index contributed by atoms with van der Waals surface area (Å²) in [6, 6.07) is 16.6. The first-order valence-corrected chi connectivity index (χ1v) is 10.7. The van der Waals surface area contributed by atoms with Crippen molar-refractivity contribution < 1.29 is 23.5 Å². The molecule has 1 N–H and O–H groups in total. The molecule has 1 heterocycles. The van der Waals surface area contributed by atoms with Crippen LogP contribution in [0.4, 0.5) is 10.1 Å². The highest BCUT2D eigenvalue weighted by Gasteiger charge is 2.40. The van der Waals surface area contributed by atoms with E-state index in [0.717, 1.165) is 11.1 Å². The van der Waals surface area contributed by atoms with Gasteiger partial charge in [0, 0.05) is 6.07 Å². The van der Waals surface area contributed by atoms with Gasteiger partial charge in [-0.05, 0) is 54.8 Å². The number of ether oxygens (including phenoxy) is 2. The molecule has 0 unspecified atom stereocenters. The van der Waals surface area contributed by atoms with E-state index in [1.54, 1.807) is 37.4 Å². The number of amides is 2. The fourth-order valence-electron chi connectivity index (χ4n) is 3.99. The van der Waals surface area contributed by atoms with Crippen LogP contribution >= 0.6 is 0 Å². The van der Waals surface area contributed by atoms with E-state index in [1.165, 1.54) is 24.1 Å². The van der Waals surface area contributed by atoms with Crippen LogP contribution in [-0.4, -0.2) is 30.9 Å². The Kier molecular flexibility index (Phi) is 6.36. The quantitative estimate of drug-likeness (QED) is 0.511. The van der Waals surface area contributed by atoms with Gasteiger partial charge >= 0.3 is 0 Å². The number of nitrogens with one attached hydrogen (secondary N) is 1. The third-order valence-electron chi connectivity index (χ3n) is 5.74. The summed E-state index contributed by atoms with van der Waals surface area (Å²) >= 11 is 0. The monoisotopic (exact) mass is 460 g/mol. The maximum atomic E-state index is 13.6. The second-order valence-corrected chi connectivity index (χ2v) is 8.08. The third-order valence-corrected chi connectivity index (χ3v) is 5.74. The predicted molar refractivity (Wildman–Crippen MR) is 128 cm³/mol. The van der Waals surface area contributed by atoms with Crippen molar-refractivity contribution in [1.29, 1.82) is 0 Å². The van der Waals surface area contributed by atoms with Crippen molar-refractivity contribution in [2.75, 3.05) is 19.5 Å². The number of carbonyl (C=O) groups excluding carboxylic acids is 2. The Morgan fingerprint density at radius 1 is 0.882 bits per heavy atom. The second kappa shape index (κ2) is 9.39. The van der Waals surface area contributed by atoms with Gasteiger partial charge in [0.05, 0.1) is 32.0 Å². The summed E-state index contributed by atoms with van der Waals surface area (Å²) in [6.45, 7) is 3.90. The molecule has 0 atom stereocenters. The smallest absolute Gasteiger partial charge is 0.278 e. The number of anilines is 1. The van der Waals surface area contributed by atoms with Crippen molar-refractivity contribution in [3.63, 3.8) is 0 Å². The van der Waals surface area contributed by atoms with Crippen LogP contribution < -0.4 is 14.8 Å². The highest BCUT2D eigenvalue weighted by atomic mass is 19.1. The van der Waals surface area contributed by atoms with Gasteiger partial charge in [0.15, 0.2) is 0 Å². The van der Waals surface area contributed by atoms with Gasteiger partial charge in [0.25, 0.3) is 11.8 Å². The van der Waals surface area contributed by atoms with Crippen molar-refractivity contribution in [2.24, 2.45) is 0 Å². The molecule has 3 aromatic carbocycles. The molecule has 0 saturated carbocycles. The summed E-state index contributed by atoms with van der Waals surface area (Å²) in [5.41, 5.74) is 4.19. The molecule has 1 aliphatic heterocycles. The van der Waals surface area contributed by atoms with Crippen LogP contribution in [0.1, 0.15) is 22.3 Å². The first-order chi connectivity index (χ1) is 16.3. The van der Waals surface area contributed by atoms with Crippen LogP contribution in [0.3, 0.4) is 0 Å². The number of aryl methyl sites for hydroxylation is 2. The normalized spacial score (nSPS) is 13.5. The van der Waals surface area contributed by atoms with Gasteiger partial charge in [0.2, 0.25) is 0 Å². The van der Waals surface area contributed by atoms with E-state index in [4.69, 9.17) is 9.47 Å². The number of benzene rings is 3. The van der Waals surface area contributed by atoms with E-state index in [0.29, 0.717) is 28.3 Å². The van der Waals surface area contributed by atoms with Crippen LogP contribution in [-0.2, 0) is 16.1 Å². The van der Waals surface area contributed by atoms with Gasteiger partial charge in [-0.2, -0.15) is 0 Å². The van der Waals surface area contributed by atoms with E-state index >= 15 is 0 Å². The van der Waals surface area contributed by atoms with E-state index in [2.05, 4.69) is 5.32 Å². The fourth-order valence-corrected chi connectivity index (χ4v) is 3.99. The van der Waals surface area contributed by atoms with E-state index in [1.807, 2.05) is 32.0 Å². The van der Waals surface area contributed by atoms with Gasteiger partial charge in [-0.25, -0.2) is 4.39 Å². The Labute approximate surface area is 197 Å². The number of methoxy groups -OCH3 is 2. The summed E-state index contributed by atoms with van der Waals surface area (Å²) in [4.78, 5) is 28.3. The molecule has 1 aliphatic rings. The lowest BCUT2D eigenvalue weighted by atomic mass is 9.97. The predicted octanol–water partition coefficient (Wildman–Crippen LogP) is 4.85. The molecule has 6 nitrogen and oxygen atoms in total. The summed E-state index contributed by atoms with van der Waals surface area (Å²) in [5, 5.41) is 3.13. The van der Waals surface area contributed by atoms with E-state index in [9.17, 15) is 14.0 Å². The molecular weight excluding hydrogens is 435 g/mol. The highest BCUT2D eigenvalue weighted by molar-refractivity contribution is 6.36. The van der Waals surface area contributed by atoms with Gasteiger partial charge < -0.3 is 14.8 Å². The number of carbonyl (C=O) groups is 2. The zero-order valence-corrected chi connectivity index (χ0v) is 19.4. The summed E-state index contributed by atoms with van der Waals surface area (Å²) in [7, 11) is 3.07. The number of halogens is 1. The Hall–Kier alpha value is -4.13. The second-order valence-electron chi connectivity index (χ2n) is 8.08. The Balaban J connectivity index is 1.79. The number of imide groups is 1. The SMILES string of the molecule is COc1ccc(NC2=C(c3ccc(C)cc3C)C(=O)N(Cc3ccc(F)cc3)C2=O)c(OC)c1. The molecule has 2 amide bonds. The molecule has 34 heavy (non-hydrogen) atoms. The minimum Gasteiger partial charge on any atom is -0.497 e. The molecule has 0 radical (unpaired) electrons. The Morgan fingerprint density at radius 2 is 1.62 bits per heavy atom. The number of nitrogens with zero attached hydrogens (tertiary/aromatic N) is 1. The van der Waals surface area contributed by atoms with Crippen molar-refractivity contribution in [3.05, 3.63) is 94.4 Å². The van der Waals surface area contributed by atoms with Gasteiger partial charge in [-0.3, -0.25) is 14.5 Å². The molecule has 7 heteroatoms. The minimum absolute atomic E-state index is 0.0251. The van der Waals surface area contributed by atoms with Crippen LogP contribution in [0, 0.1) is 19.7 Å². The number of hydrogen-bond acceptors (Lipinski definition) is 5. The maximum Gasteiger partial charge on any atom is 0.278 e. The molecule has 0 fully saturated rings. The highest BCUT2D eigenvalue weighted by Crippen LogP contribution is 2.36. The van der Waals surface area contributed by atoms with Crippen molar-refractivity contribution in [2.45, 2.75) is 20.4 Å². The van der Waals surface area contributed by atoms with Gasteiger partial charge in [-0.15, -0.1) is 0 Å². The third kappa shape index (κ3) is 4.37. The van der Waals surface area contributed by atoms with Crippen molar-refractivity contribution in [3.8, 4) is 11.5 Å².